The van der Waals surface area contributed by atoms with Crippen molar-refractivity contribution in [2.75, 3.05) is 65.4 Å². The number of amides is 4. The number of ketones is 4. The maximum absolute atomic E-state index is 14.7. The van der Waals surface area contributed by atoms with Crippen LogP contribution < -0.4 is 20.8 Å². The highest BCUT2D eigenvalue weighted by atomic mass is 31.2. The Balaban J connectivity index is 6.34. The van der Waals surface area contributed by atoms with E-state index in [0.717, 1.165) is 0 Å². The molecule has 292 valence electrons. The summed E-state index contributed by atoms with van der Waals surface area (Å²) < 4.78 is 16.2. The van der Waals surface area contributed by atoms with Crippen LogP contribution in [0.15, 0.2) is 0 Å². The van der Waals surface area contributed by atoms with Crippen molar-refractivity contribution in [2.24, 2.45) is 0 Å². The van der Waals surface area contributed by atoms with Crippen LogP contribution in [-0.4, -0.2) is 127 Å². The fourth-order valence-electron chi connectivity index (χ4n) is 4.76. The molecule has 0 aliphatic carbocycles. The molecular weight excluding hydrogens is 681 g/mol. The van der Waals surface area contributed by atoms with E-state index in [1.807, 2.05) is 13.8 Å². The molecule has 0 saturated heterocycles. The molecule has 0 aromatic rings. The number of nitrogens with zero attached hydrogens (tertiary/aromatic N) is 3. The lowest BCUT2D eigenvalue weighted by molar-refractivity contribution is -0.133. The topological polar surface area (TPSA) is 211 Å². The quantitative estimate of drug-likeness (QED) is 0.0591. The van der Waals surface area contributed by atoms with Gasteiger partial charge in [0, 0.05) is 117 Å². The predicted molar refractivity (Wildman–Crippen MR) is 195 cm³/mol. The van der Waals surface area contributed by atoms with Crippen molar-refractivity contribution in [3.63, 3.8) is 0 Å². The maximum Gasteiger partial charge on any atom is 0.281 e. The van der Waals surface area contributed by atoms with E-state index >= 15 is 0 Å². The molecule has 17 heteroatoms. The van der Waals surface area contributed by atoms with Crippen molar-refractivity contribution in [1.29, 1.82) is 0 Å². The second-order valence-electron chi connectivity index (χ2n) is 12.6. The first-order valence-electron chi connectivity index (χ1n) is 18.0. The standard InChI is InChI=1S/C34H62N7O9P/c1-7-9-31(46)35-17-19-37-51(50,38-20-18-36-32(47)10-8-2)41(25-15-33(48)39(21-11-27(3)42)22-12-28(4)43)26-16-34(49)40(23-13-29(5)44)24-14-30(6)45/h7-26H2,1-6H3,(H,35,46)(H,36,47)(H2,37,38,50). The molecule has 0 spiro atoms. The molecule has 0 aliphatic heterocycles. The smallest absolute Gasteiger partial charge is 0.281 e. The Morgan fingerprint density at radius 2 is 0.765 bits per heavy atom. The van der Waals surface area contributed by atoms with Gasteiger partial charge >= 0.3 is 0 Å². The number of hydrogen-bond donors (Lipinski definition) is 4. The van der Waals surface area contributed by atoms with Crippen molar-refractivity contribution < 1.29 is 42.9 Å². The van der Waals surface area contributed by atoms with E-state index in [1.165, 1.54) is 42.2 Å². The van der Waals surface area contributed by atoms with Crippen molar-refractivity contribution in [2.45, 2.75) is 106 Å². The molecule has 4 amide bonds. The van der Waals surface area contributed by atoms with E-state index in [4.69, 9.17) is 0 Å². The zero-order valence-electron chi connectivity index (χ0n) is 31.6. The van der Waals surface area contributed by atoms with Gasteiger partial charge in [-0.05, 0) is 40.5 Å². The van der Waals surface area contributed by atoms with Gasteiger partial charge in [-0.15, -0.1) is 0 Å². The van der Waals surface area contributed by atoms with Crippen LogP contribution in [0.1, 0.15) is 106 Å². The number of carbonyl (C=O) groups excluding carboxylic acids is 8. The normalized spacial score (nSPS) is 11.2. The fraction of sp³-hybridized carbons (Fsp3) is 0.765. The van der Waals surface area contributed by atoms with Crippen molar-refractivity contribution in [3.8, 4) is 0 Å². The molecule has 0 bridgehead atoms. The third-order valence-electron chi connectivity index (χ3n) is 7.71. The third kappa shape index (κ3) is 23.7. The van der Waals surface area contributed by atoms with Crippen LogP contribution >= 0.6 is 7.59 Å². The molecule has 0 rings (SSSR count). The molecule has 0 unspecified atom stereocenters. The monoisotopic (exact) mass is 743 g/mol. The van der Waals surface area contributed by atoms with Crippen LogP contribution in [0, 0.1) is 0 Å². The summed E-state index contributed by atoms with van der Waals surface area (Å²) in [4.78, 5) is 101. The summed E-state index contributed by atoms with van der Waals surface area (Å²) in [6, 6.07) is 0. The molecule has 4 N–H and O–H groups in total. The maximum atomic E-state index is 14.7. The number of nitrogens with one attached hydrogen (secondary N) is 4. The fourth-order valence-corrected chi connectivity index (χ4v) is 6.86. The lowest BCUT2D eigenvalue weighted by Gasteiger charge is -2.34. The summed E-state index contributed by atoms with van der Waals surface area (Å²) in [7, 11) is -3.80. The van der Waals surface area contributed by atoms with Gasteiger partial charge in [0.25, 0.3) is 7.59 Å². The highest BCUT2D eigenvalue weighted by Crippen LogP contribution is 2.41. The SMILES string of the molecule is CCCC(=O)NCCNP(=O)(NCCNC(=O)CCC)N(CCC(=O)N(CCC(C)=O)CCC(C)=O)CCC(=O)N(CCC(C)=O)CCC(C)=O. The summed E-state index contributed by atoms with van der Waals surface area (Å²) in [6.45, 7) is 10.1. The predicted octanol–water partition coefficient (Wildman–Crippen LogP) is 1.76. The summed E-state index contributed by atoms with van der Waals surface area (Å²) >= 11 is 0. The van der Waals surface area contributed by atoms with Crippen molar-refractivity contribution >= 4 is 54.4 Å². The van der Waals surface area contributed by atoms with Crippen LogP contribution in [0.3, 0.4) is 0 Å². The second-order valence-corrected chi connectivity index (χ2v) is 15.0. The highest BCUT2D eigenvalue weighted by Gasteiger charge is 2.32. The van der Waals surface area contributed by atoms with Gasteiger partial charge in [-0.3, -0.25) is 42.9 Å². The van der Waals surface area contributed by atoms with Gasteiger partial charge in [-0.2, -0.15) is 0 Å². The molecular formula is C34H62N7O9P. The number of rotatable bonds is 31. The zero-order chi connectivity index (χ0) is 38.8. The van der Waals surface area contributed by atoms with E-state index in [1.54, 1.807) is 0 Å². The van der Waals surface area contributed by atoms with E-state index in [9.17, 15) is 42.9 Å². The van der Waals surface area contributed by atoms with Gasteiger partial charge in [0.05, 0.1) is 0 Å². The Bertz CT molecular complexity index is 1090. The minimum absolute atomic E-state index is 0.0764. The van der Waals surface area contributed by atoms with E-state index < -0.39 is 7.59 Å². The van der Waals surface area contributed by atoms with E-state index in [-0.39, 0.29) is 151 Å². The number of carbonyl (C=O) groups is 8. The Labute approximate surface area is 303 Å². The summed E-state index contributed by atoms with van der Waals surface area (Å²) in [5, 5.41) is 11.5. The number of hydrogen-bond acceptors (Lipinski definition) is 9. The molecule has 0 radical (unpaired) electrons. The molecule has 0 fully saturated rings. The molecule has 0 aromatic heterocycles. The average molecular weight is 744 g/mol. The summed E-state index contributed by atoms with van der Waals surface area (Å²) in [6.07, 6.45) is 2.08. The van der Waals surface area contributed by atoms with Crippen LogP contribution in [0.25, 0.3) is 0 Å². The minimum atomic E-state index is -3.80. The molecule has 16 nitrogen and oxygen atoms in total. The Hall–Kier alpha value is -3.33. The van der Waals surface area contributed by atoms with Gasteiger partial charge in [0.15, 0.2) is 0 Å². The van der Waals surface area contributed by atoms with Crippen LogP contribution in [0.4, 0.5) is 0 Å². The molecule has 0 heterocycles. The first-order chi connectivity index (χ1) is 24.0. The summed E-state index contributed by atoms with van der Waals surface area (Å²) in [5.41, 5.74) is 0. The molecule has 0 saturated carbocycles. The highest BCUT2D eigenvalue weighted by molar-refractivity contribution is 7.57. The Morgan fingerprint density at radius 1 is 0.451 bits per heavy atom. The first-order valence-corrected chi connectivity index (χ1v) is 19.6. The lowest BCUT2D eigenvalue weighted by atomic mass is 10.2. The largest absolute Gasteiger partial charge is 0.355 e. The number of Topliss-reactive ketones (excluding diaryl/α,β-unsaturated/α-hetero) is 4. The average Bonchev–Trinajstić information content (AvgIpc) is 3.04. The first kappa shape index (κ1) is 47.7. The van der Waals surface area contributed by atoms with Crippen LogP contribution in [0.5, 0.6) is 0 Å². The Kier molecular flexibility index (Phi) is 25.6. The van der Waals surface area contributed by atoms with Crippen molar-refractivity contribution in [3.05, 3.63) is 0 Å². The molecule has 51 heavy (non-hydrogen) atoms. The van der Waals surface area contributed by atoms with Crippen molar-refractivity contribution in [1.82, 2.24) is 35.3 Å². The van der Waals surface area contributed by atoms with Crippen LogP contribution in [-0.2, 0) is 42.9 Å². The van der Waals surface area contributed by atoms with E-state index in [2.05, 4.69) is 20.8 Å². The van der Waals surface area contributed by atoms with Crippen LogP contribution in [0.2, 0.25) is 0 Å². The van der Waals surface area contributed by atoms with Gasteiger partial charge in [0.2, 0.25) is 23.6 Å². The van der Waals surface area contributed by atoms with Gasteiger partial charge < -0.3 is 20.4 Å². The lowest BCUT2D eigenvalue weighted by Crippen LogP contribution is -2.44. The zero-order valence-corrected chi connectivity index (χ0v) is 32.5. The van der Waals surface area contributed by atoms with Gasteiger partial charge in [-0.25, -0.2) is 14.8 Å². The van der Waals surface area contributed by atoms with Gasteiger partial charge in [0.1, 0.15) is 23.1 Å². The molecule has 0 aliphatic rings. The van der Waals surface area contributed by atoms with Gasteiger partial charge in [-0.1, -0.05) is 13.8 Å². The molecule has 0 aromatic carbocycles. The Morgan fingerprint density at radius 3 is 1.04 bits per heavy atom. The summed E-state index contributed by atoms with van der Waals surface area (Å²) in [5.74, 6) is -1.56. The second kappa shape index (κ2) is 27.3. The minimum Gasteiger partial charge on any atom is -0.355 e. The molecule has 0 atom stereocenters. The van der Waals surface area contributed by atoms with E-state index in [0.29, 0.717) is 25.7 Å². The third-order valence-corrected chi connectivity index (χ3v) is 10.2.